The smallest absolute Gasteiger partial charge is 0.267 e. The van der Waals surface area contributed by atoms with E-state index in [-0.39, 0.29) is 5.56 Å². The van der Waals surface area contributed by atoms with E-state index in [1.54, 1.807) is 0 Å². The number of hydrogen-bond acceptors (Lipinski definition) is 4. The highest BCUT2D eigenvalue weighted by molar-refractivity contribution is 7.16. The molecule has 92 valence electrons. The fraction of sp³-hybridized carbons (Fsp3) is 0.0714. The van der Waals surface area contributed by atoms with Crippen LogP contribution in [0.5, 0.6) is 0 Å². The van der Waals surface area contributed by atoms with Gasteiger partial charge in [-0.1, -0.05) is 35.6 Å². The maximum absolute atomic E-state index is 12.4. The predicted octanol–water partition coefficient (Wildman–Crippen LogP) is 2.77. The maximum Gasteiger partial charge on any atom is 0.283 e. The Morgan fingerprint density at radius 2 is 1.89 bits per heavy atom. The number of hydrogen-bond donors (Lipinski definition) is 0. The van der Waals surface area contributed by atoms with Crippen molar-refractivity contribution >= 4 is 38.0 Å². The summed E-state index contributed by atoms with van der Waals surface area (Å²) >= 11 is 1.43. The second kappa shape index (κ2) is 3.61. The number of rotatable bonds is 0. The summed E-state index contributed by atoms with van der Waals surface area (Å²) in [5.41, 5.74) is 0.627. The Bertz CT molecular complexity index is 1000. The van der Waals surface area contributed by atoms with E-state index in [0.29, 0.717) is 10.3 Å². The van der Waals surface area contributed by atoms with Crippen molar-refractivity contribution in [2.45, 2.75) is 6.92 Å². The van der Waals surface area contributed by atoms with Gasteiger partial charge < -0.3 is 0 Å². The lowest BCUT2D eigenvalue weighted by molar-refractivity contribution is 0.895. The molecule has 0 spiro atoms. The van der Waals surface area contributed by atoms with E-state index in [4.69, 9.17) is 0 Å². The lowest BCUT2D eigenvalue weighted by atomic mass is 10.1. The van der Waals surface area contributed by atoms with E-state index in [1.165, 1.54) is 15.9 Å². The van der Waals surface area contributed by atoms with Crippen LogP contribution in [0.4, 0.5) is 0 Å². The molecule has 2 heterocycles. The van der Waals surface area contributed by atoms with E-state index >= 15 is 0 Å². The van der Waals surface area contributed by atoms with Crippen molar-refractivity contribution in [3.05, 3.63) is 51.8 Å². The van der Waals surface area contributed by atoms with Gasteiger partial charge in [-0.25, -0.2) is 4.98 Å². The number of nitrogens with zero attached hydrogens (tertiary/aromatic N) is 3. The van der Waals surface area contributed by atoms with Crippen molar-refractivity contribution in [3.63, 3.8) is 0 Å². The Labute approximate surface area is 111 Å². The van der Waals surface area contributed by atoms with Gasteiger partial charge in [-0.3, -0.25) is 4.79 Å². The fourth-order valence-electron chi connectivity index (χ4n) is 2.29. The van der Waals surface area contributed by atoms with Crippen LogP contribution in [-0.4, -0.2) is 14.6 Å². The molecule has 4 nitrogen and oxygen atoms in total. The molecule has 0 fully saturated rings. The topological polar surface area (TPSA) is 47.3 Å². The summed E-state index contributed by atoms with van der Waals surface area (Å²) in [4.78, 5) is 17.6. The first-order chi connectivity index (χ1) is 9.22. The fourth-order valence-corrected chi connectivity index (χ4v) is 3.03. The van der Waals surface area contributed by atoms with Gasteiger partial charge in [0.25, 0.3) is 5.56 Å². The predicted molar refractivity (Wildman–Crippen MR) is 76.9 cm³/mol. The van der Waals surface area contributed by atoms with Crippen LogP contribution in [0.1, 0.15) is 5.01 Å². The second-order valence-electron chi connectivity index (χ2n) is 4.45. The first kappa shape index (κ1) is 10.6. The zero-order valence-electron chi connectivity index (χ0n) is 10.1. The summed E-state index contributed by atoms with van der Waals surface area (Å²) in [7, 11) is 0. The third-order valence-corrected chi connectivity index (χ3v) is 3.99. The van der Waals surface area contributed by atoms with Crippen LogP contribution in [0.15, 0.2) is 41.2 Å². The third kappa shape index (κ3) is 1.48. The number of aromatic nitrogens is 3. The molecule has 0 amide bonds. The van der Waals surface area contributed by atoms with E-state index in [1.807, 2.05) is 43.3 Å². The van der Waals surface area contributed by atoms with E-state index in [9.17, 15) is 4.79 Å². The molecule has 4 aromatic rings. The van der Waals surface area contributed by atoms with Crippen molar-refractivity contribution in [1.29, 1.82) is 0 Å². The standard InChI is InChI=1S/C14H9N3OS/c1-8-16-17-13(18)11-6-9-4-2-3-5-10(9)7-12(11)15-14(17)19-8/h2-7H,1H3. The van der Waals surface area contributed by atoms with Crippen molar-refractivity contribution in [2.24, 2.45) is 0 Å². The largest absolute Gasteiger partial charge is 0.283 e. The molecule has 0 unspecified atom stereocenters. The molecule has 2 aromatic carbocycles. The summed E-state index contributed by atoms with van der Waals surface area (Å²) in [6.45, 7) is 1.87. The molecule has 0 atom stereocenters. The summed E-state index contributed by atoms with van der Waals surface area (Å²) in [5.74, 6) is 0. The third-order valence-electron chi connectivity index (χ3n) is 3.16. The molecule has 2 aromatic heterocycles. The minimum Gasteiger partial charge on any atom is -0.267 e. The molecule has 0 bridgehead atoms. The number of fused-ring (bicyclic) bond motifs is 3. The Kier molecular flexibility index (Phi) is 2.02. The van der Waals surface area contributed by atoms with Crippen LogP contribution in [-0.2, 0) is 0 Å². The Balaban J connectivity index is 2.28. The maximum atomic E-state index is 12.4. The van der Waals surface area contributed by atoms with Crippen molar-refractivity contribution in [2.75, 3.05) is 0 Å². The lowest BCUT2D eigenvalue weighted by Gasteiger charge is -2.01. The van der Waals surface area contributed by atoms with Crippen LogP contribution in [0.3, 0.4) is 0 Å². The van der Waals surface area contributed by atoms with E-state index < -0.39 is 0 Å². The van der Waals surface area contributed by atoms with Crippen molar-refractivity contribution in [1.82, 2.24) is 14.6 Å². The average molecular weight is 267 g/mol. The first-order valence-electron chi connectivity index (χ1n) is 5.91. The summed E-state index contributed by atoms with van der Waals surface area (Å²) < 4.78 is 1.39. The normalized spacial score (nSPS) is 11.6. The van der Waals surface area contributed by atoms with Gasteiger partial charge in [0.05, 0.1) is 10.9 Å². The Hall–Kier alpha value is -2.27. The van der Waals surface area contributed by atoms with Crippen LogP contribution >= 0.6 is 11.3 Å². The van der Waals surface area contributed by atoms with Gasteiger partial charge in [-0.15, -0.1) is 0 Å². The summed E-state index contributed by atoms with van der Waals surface area (Å²) in [5, 5.41) is 7.79. The summed E-state index contributed by atoms with van der Waals surface area (Å²) in [6, 6.07) is 11.8. The monoisotopic (exact) mass is 267 g/mol. The molecule has 0 saturated heterocycles. The summed E-state index contributed by atoms with van der Waals surface area (Å²) in [6.07, 6.45) is 0. The quantitative estimate of drug-likeness (QED) is 0.460. The first-order valence-corrected chi connectivity index (χ1v) is 6.73. The molecular weight excluding hydrogens is 258 g/mol. The van der Waals surface area contributed by atoms with Crippen molar-refractivity contribution < 1.29 is 0 Å². The van der Waals surface area contributed by atoms with Gasteiger partial charge in [-0.05, 0) is 29.8 Å². The number of benzene rings is 2. The van der Waals surface area contributed by atoms with Gasteiger partial charge in [0, 0.05) is 0 Å². The molecule has 4 rings (SSSR count). The van der Waals surface area contributed by atoms with Crippen LogP contribution in [0.25, 0.3) is 26.6 Å². The molecular formula is C14H9N3OS. The SMILES string of the molecule is Cc1nn2c(=O)c3cc4ccccc4cc3nc2s1. The van der Waals surface area contributed by atoms with E-state index in [0.717, 1.165) is 21.3 Å². The van der Waals surface area contributed by atoms with Crippen LogP contribution in [0.2, 0.25) is 0 Å². The van der Waals surface area contributed by atoms with E-state index in [2.05, 4.69) is 10.1 Å². The van der Waals surface area contributed by atoms with Crippen LogP contribution in [0, 0.1) is 6.92 Å². The van der Waals surface area contributed by atoms with Crippen LogP contribution < -0.4 is 5.56 Å². The molecule has 5 heteroatoms. The van der Waals surface area contributed by atoms with Gasteiger partial charge in [0.1, 0.15) is 5.01 Å². The Morgan fingerprint density at radius 3 is 2.68 bits per heavy atom. The van der Waals surface area contributed by atoms with Gasteiger partial charge >= 0.3 is 0 Å². The highest BCUT2D eigenvalue weighted by Gasteiger charge is 2.09. The zero-order chi connectivity index (χ0) is 13.0. The molecule has 0 radical (unpaired) electrons. The zero-order valence-corrected chi connectivity index (χ0v) is 10.9. The highest BCUT2D eigenvalue weighted by atomic mass is 32.1. The van der Waals surface area contributed by atoms with Gasteiger partial charge in [-0.2, -0.15) is 9.61 Å². The molecule has 0 N–H and O–H groups in total. The molecule has 19 heavy (non-hydrogen) atoms. The lowest BCUT2D eigenvalue weighted by Crippen LogP contribution is -2.15. The van der Waals surface area contributed by atoms with Gasteiger partial charge in [0.2, 0.25) is 4.96 Å². The Morgan fingerprint density at radius 1 is 1.16 bits per heavy atom. The minimum absolute atomic E-state index is 0.102. The molecule has 0 aliphatic carbocycles. The van der Waals surface area contributed by atoms with Crippen molar-refractivity contribution in [3.8, 4) is 0 Å². The highest BCUT2D eigenvalue weighted by Crippen LogP contribution is 2.21. The minimum atomic E-state index is -0.102. The molecule has 0 aliphatic rings. The second-order valence-corrected chi connectivity index (χ2v) is 5.61. The van der Waals surface area contributed by atoms with Gasteiger partial charge in [0.15, 0.2) is 0 Å². The number of aryl methyl sites for hydroxylation is 1. The molecule has 0 saturated carbocycles. The molecule has 0 aliphatic heterocycles. The average Bonchev–Trinajstić information content (AvgIpc) is 2.78.